The van der Waals surface area contributed by atoms with E-state index in [0.29, 0.717) is 35.6 Å². The molecule has 1 unspecified atom stereocenters. The van der Waals surface area contributed by atoms with Gasteiger partial charge in [0.2, 0.25) is 0 Å². The van der Waals surface area contributed by atoms with Crippen LogP contribution in [0.15, 0.2) is 107 Å². The maximum absolute atomic E-state index is 12.7. The highest BCUT2D eigenvalue weighted by Gasteiger charge is 2.30. The molecule has 0 saturated heterocycles. The Labute approximate surface area is 260 Å². The second-order valence-electron chi connectivity index (χ2n) is 8.94. The van der Waals surface area contributed by atoms with Crippen molar-refractivity contribution in [1.82, 2.24) is 10.3 Å². The van der Waals surface area contributed by atoms with Crippen molar-refractivity contribution in [3.05, 3.63) is 114 Å². The van der Waals surface area contributed by atoms with Crippen molar-refractivity contribution in [2.75, 3.05) is 24.6 Å². The zero-order valence-electron chi connectivity index (χ0n) is 23.2. The Kier molecular flexibility index (Phi) is 15.7. The van der Waals surface area contributed by atoms with Crippen LogP contribution in [0.25, 0.3) is 0 Å². The van der Waals surface area contributed by atoms with E-state index < -0.39 is 17.7 Å². The lowest BCUT2D eigenvalue weighted by atomic mass is 10.0. The molecule has 0 spiro atoms. The Morgan fingerprint density at radius 2 is 1.56 bits per heavy atom. The maximum atomic E-state index is 12.7. The summed E-state index contributed by atoms with van der Waals surface area (Å²) in [6.45, 7) is 2.50. The average Bonchev–Trinajstić information content (AvgIpc) is 2.96. The van der Waals surface area contributed by atoms with Crippen LogP contribution < -0.4 is 16.8 Å². The topological polar surface area (TPSA) is 128 Å². The van der Waals surface area contributed by atoms with E-state index in [4.69, 9.17) is 16.2 Å². The van der Waals surface area contributed by atoms with Crippen LogP contribution in [0.1, 0.15) is 28.4 Å². The Bertz CT molecular complexity index is 1430. The van der Waals surface area contributed by atoms with Gasteiger partial charge in [0, 0.05) is 12.6 Å². The first-order valence-electron chi connectivity index (χ1n) is 12.7. The molecule has 1 atom stereocenters. The van der Waals surface area contributed by atoms with Crippen LogP contribution in [0.3, 0.4) is 0 Å². The molecule has 4 aromatic rings. The van der Waals surface area contributed by atoms with E-state index in [2.05, 4.69) is 20.5 Å². The number of rotatable bonds is 9. The third-order valence-electron chi connectivity index (χ3n) is 5.59. The molecule has 13 heteroatoms. The fourth-order valence-electron chi connectivity index (χ4n) is 3.58. The summed E-state index contributed by atoms with van der Waals surface area (Å²) in [6.07, 6.45) is -3.88. The van der Waals surface area contributed by atoms with Gasteiger partial charge in [-0.1, -0.05) is 54.6 Å². The van der Waals surface area contributed by atoms with Gasteiger partial charge in [-0.2, -0.15) is 18.3 Å². The number of ether oxygens (including phenoxy) is 1. The van der Waals surface area contributed by atoms with E-state index in [1.165, 1.54) is 6.07 Å². The minimum Gasteiger partial charge on any atom is -0.461 e. The summed E-state index contributed by atoms with van der Waals surface area (Å²) in [6, 6.07) is 26.6. The molecule has 0 amide bonds. The third-order valence-corrected chi connectivity index (χ3v) is 5.59. The molecule has 4 rings (SSSR count). The zero-order valence-corrected chi connectivity index (χ0v) is 24.8. The largest absolute Gasteiger partial charge is 0.461 e. The average molecular weight is 638 g/mol. The van der Waals surface area contributed by atoms with Crippen molar-refractivity contribution in [3.63, 3.8) is 0 Å². The number of halogens is 5. The summed E-state index contributed by atoms with van der Waals surface area (Å²) in [4.78, 5) is 15.6. The van der Waals surface area contributed by atoms with Gasteiger partial charge in [0.1, 0.15) is 18.1 Å². The first-order valence-corrected chi connectivity index (χ1v) is 12.7. The second-order valence-corrected chi connectivity index (χ2v) is 8.94. The number of nitrogens with zero attached hydrogens (tertiary/aromatic N) is 3. The summed E-state index contributed by atoms with van der Waals surface area (Å²) in [5.41, 5.74) is 12.8. The summed E-state index contributed by atoms with van der Waals surface area (Å²) in [5, 5.41) is 11.2. The minimum atomic E-state index is -4.34. The Morgan fingerprint density at radius 3 is 2.19 bits per heavy atom. The summed E-state index contributed by atoms with van der Waals surface area (Å²) < 4.78 is 43.3. The van der Waals surface area contributed by atoms with Crippen LogP contribution in [0.2, 0.25) is 0 Å². The van der Waals surface area contributed by atoms with Crippen LogP contribution in [-0.2, 0) is 17.3 Å². The maximum Gasteiger partial charge on any atom is 0.416 e. The van der Waals surface area contributed by atoms with Gasteiger partial charge >= 0.3 is 12.1 Å². The van der Waals surface area contributed by atoms with Gasteiger partial charge in [0.25, 0.3) is 0 Å². The van der Waals surface area contributed by atoms with Crippen molar-refractivity contribution < 1.29 is 22.7 Å². The smallest absolute Gasteiger partial charge is 0.416 e. The molecule has 43 heavy (non-hydrogen) atoms. The lowest BCUT2D eigenvalue weighted by molar-refractivity contribution is -0.137. The molecular formula is C30H33Cl2F3N6O2. The van der Waals surface area contributed by atoms with Crippen LogP contribution >= 0.6 is 24.8 Å². The van der Waals surface area contributed by atoms with Gasteiger partial charge in [-0.15, -0.1) is 29.9 Å². The molecule has 0 fully saturated rings. The van der Waals surface area contributed by atoms with Crippen molar-refractivity contribution in [1.29, 1.82) is 0 Å². The number of carbonyl (C=O) groups is 1. The molecule has 3 aromatic carbocycles. The van der Waals surface area contributed by atoms with Crippen LogP contribution in [-0.4, -0.2) is 30.1 Å². The highest BCUT2D eigenvalue weighted by Crippen LogP contribution is 2.29. The number of nitrogens with one attached hydrogen (secondary N) is 1. The number of benzene rings is 3. The molecule has 230 valence electrons. The highest BCUT2D eigenvalue weighted by atomic mass is 35.5. The summed E-state index contributed by atoms with van der Waals surface area (Å²) in [7, 11) is 0. The molecule has 0 bridgehead atoms. The molecule has 0 aliphatic rings. The summed E-state index contributed by atoms with van der Waals surface area (Å²) in [5.74, 6) is 0.253. The van der Waals surface area contributed by atoms with Crippen molar-refractivity contribution in [2.24, 2.45) is 10.2 Å². The number of esters is 1. The van der Waals surface area contributed by atoms with E-state index >= 15 is 0 Å². The van der Waals surface area contributed by atoms with Gasteiger partial charge in [-0.3, -0.25) is 0 Å². The van der Waals surface area contributed by atoms with E-state index in [1.54, 1.807) is 42.5 Å². The predicted octanol–water partition coefficient (Wildman–Crippen LogP) is 7.59. The van der Waals surface area contributed by atoms with E-state index in [0.717, 1.165) is 17.8 Å². The second kappa shape index (κ2) is 18.4. The van der Waals surface area contributed by atoms with Gasteiger partial charge < -0.3 is 21.5 Å². The van der Waals surface area contributed by atoms with Gasteiger partial charge in [-0.05, 0) is 61.4 Å². The molecule has 0 aliphatic heterocycles. The number of hydrogen-bond donors (Lipinski definition) is 3. The number of nitrogens with two attached hydrogens (primary N) is 2. The van der Waals surface area contributed by atoms with Gasteiger partial charge in [0.15, 0.2) is 5.82 Å². The lowest BCUT2D eigenvalue weighted by Gasteiger charge is -2.15. The molecule has 5 N–H and O–H groups in total. The minimum absolute atomic E-state index is 0. The molecule has 1 heterocycles. The van der Waals surface area contributed by atoms with Crippen LogP contribution in [0.4, 0.5) is 36.2 Å². The highest BCUT2D eigenvalue weighted by molar-refractivity contribution is 5.89. The molecule has 8 nitrogen and oxygen atoms in total. The predicted molar refractivity (Wildman–Crippen MR) is 168 cm³/mol. The molecule has 1 aromatic heterocycles. The van der Waals surface area contributed by atoms with Crippen LogP contribution in [0.5, 0.6) is 0 Å². The quantitative estimate of drug-likeness (QED) is 0.0986. The van der Waals surface area contributed by atoms with Crippen molar-refractivity contribution in [3.8, 4) is 0 Å². The number of hydrogen-bond acceptors (Lipinski definition) is 8. The third kappa shape index (κ3) is 13.1. The van der Waals surface area contributed by atoms with E-state index in [-0.39, 0.29) is 43.3 Å². The molecule has 0 aliphatic carbocycles. The number of carbonyl (C=O) groups excluding carboxylic acids is 1. The molecular weight excluding hydrogens is 604 g/mol. The summed E-state index contributed by atoms with van der Waals surface area (Å²) >= 11 is 0. The van der Waals surface area contributed by atoms with Gasteiger partial charge in [-0.25, -0.2) is 9.78 Å². The monoisotopic (exact) mass is 636 g/mol. The van der Waals surface area contributed by atoms with Crippen molar-refractivity contribution >= 4 is 53.8 Å². The fourth-order valence-corrected chi connectivity index (χ4v) is 3.58. The standard InChI is InChI=1S/C19H20F3NO2.C11H11N5.2ClH/c1-14(12-15-6-5-9-17(13-15)19(20,21)22)23-10-11-25-18(24)16-7-3-2-4-8-16;12-10-7-6-9(11(13)14-10)16-15-8-4-2-1-3-5-8;;/h2-9,13-14,23H,10-12H2,1H3;1-7H,(H4,12,13,14);2*1H. The number of aromatic nitrogens is 1. The Hall–Kier alpha value is -4.19. The molecule has 0 saturated carbocycles. The van der Waals surface area contributed by atoms with E-state index in [1.807, 2.05) is 43.3 Å². The van der Waals surface area contributed by atoms with Gasteiger partial charge in [0.05, 0.1) is 16.8 Å². The number of anilines is 2. The van der Waals surface area contributed by atoms with Crippen LogP contribution in [0, 0.1) is 0 Å². The van der Waals surface area contributed by atoms with E-state index in [9.17, 15) is 18.0 Å². The Balaban J connectivity index is 0.000000446. The lowest BCUT2D eigenvalue weighted by Crippen LogP contribution is -2.31. The fraction of sp³-hybridized carbons (Fsp3) is 0.200. The number of nitrogen functional groups attached to an aromatic ring is 2. The van der Waals surface area contributed by atoms with Crippen molar-refractivity contribution in [2.45, 2.75) is 25.6 Å². The number of pyridine rings is 1. The normalized spacial score (nSPS) is 11.3. The Morgan fingerprint density at radius 1 is 0.907 bits per heavy atom. The first-order chi connectivity index (χ1) is 19.6. The number of azo groups is 1. The molecule has 0 radical (unpaired) electrons. The zero-order chi connectivity index (χ0) is 29.7. The number of alkyl halides is 3. The SMILES string of the molecule is CC(Cc1cccc(C(F)(F)F)c1)NCCOC(=O)c1ccccc1.Cl.Cl.Nc1ccc(N=Nc2ccccc2)c(N)n1. The first kappa shape index (κ1) is 36.8.